The lowest BCUT2D eigenvalue weighted by molar-refractivity contribution is 0.800. The third-order valence-electron chi connectivity index (χ3n) is 2.12. The Kier molecular flexibility index (Phi) is 1.62. The number of hydrogen-bond acceptors (Lipinski definition) is 3. The molecule has 0 amide bonds. The van der Waals surface area contributed by atoms with E-state index in [9.17, 15) is 0 Å². The van der Waals surface area contributed by atoms with Gasteiger partial charge < -0.3 is 16.0 Å². The van der Waals surface area contributed by atoms with Crippen LogP contribution in [-0.4, -0.2) is 9.55 Å². The summed E-state index contributed by atoms with van der Waals surface area (Å²) in [5, 5.41) is 0. The minimum absolute atomic E-state index is 0.545. The fourth-order valence-electron chi connectivity index (χ4n) is 1.49. The molecule has 0 saturated heterocycles. The number of nitrogen functional groups attached to an aromatic ring is 2. The normalized spacial score (nSPS) is 10.8. The Hall–Kier alpha value is -1.71. The van der Waals surface area contributed by atoms with E-state index in [1.807, 2.05) is 29.7 Å². The highest BCUT2D eigenvalue weighted by molar-refractivity contribution is 5.81. The molecule has 13 heavy (non-hydrogen) atoms. The van der Waals surface area contributed by atoms with E-state index in [0.29, 0.717) is 5.95 Å². The average molecular weight is 176 g/mol. The third kappa shape index (κ3) is 1.11. The van der Waals surface area contributed by atoms with Crippen LogP contribution in [0.25, 0.3) is 11.0 Å². The Morgan fingerprint density at radius 3 is 2.85 bits per heavy atom. The smallest absolute Gasteiger partial charge is 0.201 e. The first kappa shape index (κ1) is 7.91. The van der Waals surface area contributed by atoms with Gasteiger partial charge in [-0.15, -0.1) is 0 Å². The number of nitrogens with two attached hydrogens (primary N) is 2. The molecule has 0 atom stereocenters. The maximum atomic E-state index is 5.72. The van der Waals surface area contributed by atoms with Crippen molar-refractivity contribution in [1.29, 1.82) is 0 Å². The van der Waals surface area contributed by atoms with E-state index in [1.165, 1.54) is 0 Å². The van der Waals surface area contributed by atoms with Crippen LogP contribution in [0.3, 0.4) is 0 Å². The van der Waals surface area contributed by atoms with Crippen LogP contribution in [-0.2, 0) is 6.54 Å². The summed E-state index contributed by atoms with van der Waals surface area (Å²) in [6.45, 7) is 2.84. The minimum Gasteiger partial charge on any atom is -0.399 e. The van der Waals surface area contributed by atoms with Crippen LogP contribution < -0.4 is 11.5 Å². The summed E-state index contributed by atoms with van der Waals surface area (Å²) in [5.74, 6) is 0.545. The first-order chi connectivity index (χ1) is 6.22. The molecule has 4 heteroatoms. The zero-order valence-electron chi connectivity index (χ0n) is 7.49. The molecule has 0 aliphatic carbocycles. The Labute approximate surface area is 76.2 Å². The number of aryl methyl sites for hydroxylation is 1. The number of imidazole rings is 1. The van der Waals surface area contributed by atoms with E-state index in [4.69, 9.17) is 11.5 Å². The minimum atomic E-state index is 0.545. The summed E-state index contributed by atoms with van der Waals surface area (Å²) in [6.07, 6.45) is 0. The molecular weight excluding hydrogens is 164 g/mol. The standard InChI is InChI=1S/C9H12N4/c1-2-13-8-5-6(10)3-4-7(8)12-9(13)11/h3-5H,2,10H2,1H3,(H2,11,12). The van der Waals surface area contributed by atoms with Crippen molar-refractivity contribution in [2.45, 2.75) is 13.5 Å². The largest absolute Gasteiger partial charge is 0.399 e. The third-order valence-corrected chi connectivity index (χ3v) is 2.12. The van der Waals surface area contributed by atoms with E-state index in [0.717, 1.165) is 23.3 Å². The summed E-state index contributed by atoms with van der Waals surface area (Å²) in [5.41, 5.74) is 14.0. The fourth-order valence-corrected chi connectivity index (χ4v) is 1.49. The lowest BCUT2D eigenvalue weighted by atomic mass is 10.3. The van der Waals surface area contributed by atoms with Crippen LogP contribution in [0.2, 0.25) is 0 Å². The van der Waals surface area contributed by atoms with E-state index < -0.39 is 0 Å². The summed E-state index contributed by atoms with van der Waals surface area (Å²) < 4.78 is 1.94. The molecule has 0 saturated carbocycles. The maximum Gasteiger partial charge on any atom is 0.201 e. The van der Waals surface area contributed by atoms with Crippen molar-refractivity contribution in [3.05, 3.63) is 18.2 Å². The number of fused-ring (bicyclic) bond motifs is 1. The lowest BCUT2D eigenvalue weighted by Crippen LogP contribution is -2.00. The molecule has 1 aromatic carbocycles. The Morgan fingerprint density at radius 1 is 1.38 bits per heavy atom. The van der Waals surface area contributed by atoms with E-state index in [2.05, 4.69) is 4.98 Å². The van der Waals surface area contributed by atoms with Gasteiger partial charge in [-0.05, 0) is 25.1 Å². The molecule has 0 radical (unpaired) electrons. The molecule has 0 spiro atoms. The Bertz CT molecular complexity index is 444. The van der Waals surface area contributed by atoms with Crippen LogP contribution in [0.4, 0.5) is 11.6 Å². The van der Waals surface area contributed by atoms with Crippen molar-refractivity contribution in [1.82, 2.24) is 9.55 Å². The van der Waals surface area contributed by atoms with Crippen molar-refractivity contribution in [3.63, 3.8) is 0 Å². The molecule has 4 nitrogen and oxygen atoms in total. The molecule has 0 aliphatic heterocycles. The summed E-state index contributed by atoms with van der Waals surface area (Å²) in [4.78, 5) is 4.21. The van der Waals surface area contributed by atoms with E-state index in [-0.39, 0.29) is 0 Å². The molecule has 0 aliphatic rings. The van der Waals surface area contributed by atoms with E-state index >= 15 is 0 Å². The van der Waals surface area contributed by atoms with Gasteiger partial charge in [0.05, 0.1) is 11.0 Å². The molecule has 68 valence electrons. The van der Waals surface area contributed by atoms with E-state index in [1.54, 1.807) is 0 Å². The molecule has 1 heterocycles. The maximum absolute atomic E-state index is 5.72. The Balaban J connectivity index is 2.80. The van der Waals surface area contributed by atoms with Crippen molar-refractivity contribution < 1.29 is 0 Å². The molecule has 0 unspecified atom stereocenters. The van der Waals surface area contributed by atoms with Crippen LogP contribution in [0.15, 0.2) is 18.2 Å². The molecule has 1 aromatic heterocycles. The molecular formula is C9H12N4. The van der Waals surface area contributed by atoms with Crippen molar-refractivity contribution in [3.8, 4) is 0 Å². The quantitative estimate of drug-likeness (QED) is 0.642. The number of aromatic nitrogens is 2. The van der Waals surface area contributed by atoms with Gasteiger partial charge in [-0.2, -0.15) is 0 Å². The number of hydrogen-bond donors (Lipinski definition) is 2. The number of anilines is 2. The second kappa shape index (κ2) is 2.65. The lowest BCUT2D eigenvalue weighted by Gasteiger charge is -2.01. The van der Waals surface area contributed by atoms with Gasteiger partial charge >= 0.3 is 0 Å². The van der Waals surface area contributed by atoms with Crippen molar-refractivity contribution in [2.24, 2.45) is 0 Å². The van der Waals surface area contributed by atoms with Crippen molar-refractivity contribution in [2.75, 3.05) is 11.5 Å². The first-order valence-electron chi connectivity index (χ1n) is 4.23. The highest BCUT2D eigenvalue weighted by atomic mass is 15.1. The van der Waals surface area contributed by atoms with Gasteiger partial charge in [-0.1, -0.05) is 0 Å². The second-order valence-corrected chi connectivity index (χ2v) is 2.96. The monoisotopic (exact) mass is 176 g/mol. The number of benzene rings is 1. The van der Waals surface area contributed by atoms with Gasteiger partial charge in [-0.3, -0.25) is 0 Å². The zero-order valence-corrected chi connectivity index (χ0v) is 7.49. The van der Waals surface area contributed by atoms with Crippen LogP contribution in [0.1, 0.15) is 6.92 Å². The Morgan fingerprint density at radius 2 is 2.15 bits per heavy atom. The van der Waals surface area contributed by atoms with Gasteiger partial charge in [0.25, 0.3) is 0 Å². The predicted molar refractivity (Wildman–Crippen MR) is 54.2 cm³/mol. The van der Waals surface area contributed by atoms with Crippen molar-refractivity contribution >= 4 is 22.7 Å². The van der Waals surface area contributed by atoms with Crippen LogP contribution >= 0.6 is 0 Å². The molecule has 0 fully saturated rings. The summed E-state index contributed by atoms with van der Waals surface area (Å²) in [6, 6.07) is 5.60. The van der Waals surface area contributed by atoms with Gasteiger partial charge in [-0.25, -0.2) is 4.98 Å². The van der Waals surface area contributed by atoms with Gasteiger partial charge in [0.1, 0.15) is 0 Å². The van der Waals surface area contributed by atoms with Gasteiger partial charge in [0.2, 0.25) is 5.95 Å². The number of nitrogens with zero attached hydrogens (tertiary/aromatic N) is 2. The molecule has 2 aromatic rings. The van der Waals surface area contributed by atoms with Crippen LogP contribution in [0.5, 0.6) is 0 Å². The SMILES string of the molecule is CCn1c(N)nc2ccc(N)cc21. The highest BCUT2D eigenvalue weighted by Gasteiger charge is 2.05. The van der Waals surface area contributed by atoms with Crippen LogP contribution in [0, 0.1) is 0 Å². The molecule has 2 rings (SSSR count). The zero-order chi connectivity index (χ0) is 9.42. The number of rotatable bonds is 1. The average Bonchev–Trinajstić information content (AvgIpc) is 2.40. The second-order valence-electron chi connectivity index (χ2n) is 2.96. The van der Waals surface area contributed by atoms with Gasteiger partial charge in [0.15, 0.2) is 0 Å². The summed E-state index contributed by atoms with van der Waals surface area (Å²) in [7, 11) is 0. The summed E-state index contributed by atoms with van der Waals surface area (Å²) >= 11 is 0. The first-order valence-corrected chi connectivity index (χ1v) is 4.23. The highest BCUT2D eigenvalue weighted by Crippen LogP contribution is 2.19. The van der Waals surface area contributed by atoms with Gasteiger partial charge in [0, 0.05) is 12.2 Å². The fraction of sp³-hybridized carbons (Fsp3) is 0.222. The molecule has 4 N–H and O–H groups in total. The topological polar surface area (TPSA) is 69.9 Å². The molecule has 0 bridgehead atoms. The predicted octanol–water partition coefficient (Wildman–Crippen LogP) is 1.22.